The molecule has 2 aromatic carbocycles. The molecule has 0 spiro atoms. The average molecular weight is 363 g/mol. The number of hydrogen-bond acceptors (Lipinski definition) is 3. The molecule has 4 nitrogen and oxygen atoms in total. The largest absolute Gasteiger partial charge is 0.489 e. The van der Waals surface area contributed by atoms with E-state index < -0.39 is 0 Å². The molecule has 136 valence electrons. The molecule has 2 aromatic rings. The number of amides is 1. The van der Waals surface area contributed by atoms with Crippen LogP contribution < -0.4 is 15.8 Å². The van der Waals surface area contributed by atoms with Gasteiger partial charge >= 0.3 is 0 Å². The van der Waals surface area contributed by atoms with Gasteiger partial charge in [0.2, 0.25) is 0 Å². The summed E-state index contributed by atoms with van der Waals surface area (Å²) in [7, 11) is 0. The first-order chi connectivity index (χ1) is 11.6. The summed E-state index contributed by atoms with van der Waals surface area (Å²) in [5.41, 5.74) is 7.17. The van der Waals surface area contributed by atoms with Crippen LogP contribution in [0.2, 0.25) is 0 Å². The van der Waals surface area contributed by atoms with E-state index >= 15 is 0 Å². The van der Waals surface area contributed by atoms with E-state index in [1.165, 1.54) is 0 Å². The number of halogens is 1. The Morgan fingerprint density at radius 1 is 1.04 bits per heavy atom. The zero-order valence-corrected chi connectivity index (χ0v) is 15.6. The summed E-state index contributed by atoms with van der Waals surface area (Å²) in [6.45, 7) is 5.00. The van der Waals surface area contributed by atoms with Gasteiger partial charge in [-0.15, -0.1) is 12.4 Å². The Morgan fingerprint density at radius 2 is 1.64 bits per heavy atom. The lowest BCUT2D eigenvalue weighted by Crippen LogP contribution is -2.52. The maximum Gasteiger partial charge on any atom is 0.251 e. The third-order valence-corrected chi connectivity index (χ3v) is 4.49. The highest BCUT2D eigenvalue weighted by Crippen LogP contribution is 2.16. The minimum absolute atomic E-state index is 0. The summed E-state index contributed by atoms with van der Waals surface area (Å²) in [5.74, 6) is 0.748. The Labute approximate surface area is 156 Å². The summed E-state index contributed by atoms with van der Waals surface area (Å²) in [6, 6.07) is 17.2. The molecule has 1 amide bonds. The highest BCUT2D eigenvalue weighted by molar-refractivity contribution is 5.94. The van der Waals surface area contributed by atoms with Crippen molar-refractivity contribution in [2.75, 3.05) is 6.54 Å². The maximum absolute atomic E-state index is 12.4. The van der Waals surface area contributed by atoms with Gasteiger partial charge in [-0.05, 0) is 42.7 Å². The van der Waals surface area contributed by atoms with Crippen LogP contribution in [0.15, 0.2) is 54.6 Å². The minimum Gasteiger partial charge on any atom is -0.489 e. The van der Waals surface area contributed by atoms with Crippen LogP contribution in [-0.2, 0) is 6.61 Å². The number of carbonyl (C=O) groups excluding carboxylic acids is 1. The molecule has 0 unspecified atom stereocenters. The van der Waals surface area contributed by atoms with Gasteiger partial charge in [0.05, 0.1) is 5.54 Å². The van der Waals surface area contributed by atoms with Crippen LogP contribution in [0, 0.1) is 0 Å². The molecular formula is C20H27ClN2O2. The third-order valence-electron chi connectivity index (χ3n) is 4.49. The number of nitrogens with two attached hydrogens (primary N) is 1. The fourth-order valence-corrected chi connectivity index (χ4v) is 2.52. The van der Waals surface area contributed by atoms with Crippen LogP contribution in [0.5, 0.6) is 5.75 Å². The number of carbonyl (C=O) groups is 1. The first kappa shape index (κ1) is 21.0. The van der Waals surface area contributed by atoms with Crippen molar-refractivity contribution < 1.29 is 9.53 Å². The van der Waals surface area contributed by atoms with Crippen molar-refractivity contribution in [3.63, 3.8) is 0 Å². The summed E-state index contributed by atoms with van der Waals surface area (Å²) < 4.78 is 5.71. The fraction of sp³-hybridized carbons (Fsp3) is 0.350. The van der Waals surface area contributed by atoms with Crippen molar-refractivity contribution in [2.45, 2.75) is 38.8 Å². The van der Waals surface area contributed by atoms with Gasteiger partial charge in [-0.25, -0.2) is 0 Å². The third kappa shape index (κ3) is 5.76. The molecule has 0 aromatic heterocycles. The van der Waals surface area contributed by atoms with Crippen molar-refractivity contribution in [1.29, 1.82) is 0 Å². The van der Waals surface area contributed by atoms with Crippen LogP contribution in [0.4, 0.5) is 0 Å². The Balaban J connectivity index is 0.00000312. The van der Waals surface area contributed by atoms with Gasteiger partial charge in [0.15, 0.2) is 0 Å². The molecule has 0 aliphatic heterocycles. The molecule has 3 N–H and O–H groups in total. The predicted octanol–water partition coefficient (Wildman–Crippen LogP) is 3.93. The lowest BCUT2D eigenvalue weighted by atomic mass is 9.92. The second-order valence-electron chi connectivity index (χ2n) is 5.94. The van der Waals surface area contributed by atoms with Crippen molar-refractivity contribution in [3.8, 4) is 5.75 Å². The van der Waals surface area contributed by atoms with Crippen LogP contribution in [0.25, 0.3) is 0 Å². The SMILES string of the molecule is CCC(CC)(CN)NC(=O)c1ccc(COc2ccccc2)cc1.Cl. The van der Waals surface area contributed by atoms with Crippen LogP contribution in [0.3, 0.4) is 0 Å². The van der Waals surface area contributed by atoms with E-state index in [-0.39, 0.29) is 23.9 Å². The van der Waals surface area contributed by atoms with Gasteiger partial charge in [-0.3, -0.25) is 4.79 Å². The normalized spacial score (nSPS) is 10.7. The molecule has 0 aliphatic rings. The van der Waals surface area contributed by atoms with Crippen molar-refractivity contribution in [2.24, 2.45) is 5.73 Å². The standard InChI is InChI=1S/C20H26N2O2.ClH/c1-3-20(4-2,15-21)22-19(23)17-12-10-16(11-13-17)14-24-18-8-6-5-7-9-18;/h5-13H,3-4,14-15,21H2,1-2H3,(H,22,23);1H. The molecule has 0 fully saturated rings. The Hall–Kier alpha value is -2.04. The molecule has 25 heavy (non-hydrogen) atoms. The lowest BCUT2D eigenvalue weighted by Gasteiger charge is -2.31. The molecule has 2 rings (SSSR count). The maximum atomic E-state index is 12.4. The smallest absolute Gasteiger partial charge is 0.251 e. The number of benzene rings is 2. The van der Waals surface area contributed by atoms with E-state index in [4.69, 9.17) is 10.5 Å². The first-order valence-corrected chi connectivity index (χ1v) is 8.42. The number of ether oxygens (including phenoxy) is 1. The van der Waals surface area contributed by atoms with Crippen molar-refractivity contribution >= 4 is 18.3 Å². The zero-order valence-electron chi connectivity index (χ0n) is 14.8. The molecular weight excluding hydrogens is 336 g/mol. The average Bonchev–Trinajstić information content (AvgIpc) is 2.65. The van der Waals surface area contributed by atoms with Crippen LogP contribution in [0.1, 0.15) is 42.6 Å². The minimum atomic E-state index is -0.327. The molecule has 0 radical (unpaired) electrons. The monoisotopic (exact) mass is 362 g/mol. The molecule has 0 atom stereocenters. The van der Waals surface area contributed by atoms with E-state index in [2.05, 4.69) is 5.32 Å². The van der Waals surface area contributed by atoms with E-state index in [0.717, 1.165) is 24.2 Å². The Bertz CT molecular complexity index is 632. The van der Waals surface area contributed by atoms with Gasteiger partial charge in [0.1, 0.15) is 12.4 Å². The molecule has 0 heterocycles. The zero-order chi connectivity index (χ0) is 17.4. The summed E-state index contributed by atoms with van der Waals surface area (Å²) in [5, 5.41) is 3.08. The van der Waals surface area contributed by atoms with Crippen molar-refractivity contribution in [3.05, 3.63) is 65.7 Å². The van der Waals surface area contributed by atoms with Gasteiger partial charge in [0, 0.05) is 12.1 Å². The second kappa shape index (κ2) is 10.1. The van der Waals surface area contributed by atoms with Crippen LogP contribution >= 0.6 is 12.4 Å². The second-order valence-corrected chi connectivity index (χ2v) is 5.94. The van der Waals surface area contributed by atoms with E-state index in [1.54, 1.807) is 0 Å². The molecule has 5 heteroatoms. The van der Waals surface area contributed by atoms with Crippen molar-refractivity contribution in [1.82, 2.24) is 5.32 Å². The van der Waals surface area contributed by atoms with E-state index in [1.807, 2.05) is 68.4 Å². The van der Waals surface area contributed by atoms with Gasteiger partial charge in [-0.2, -0.15) is 0 Å². The summed E-state index contributed by atoms with van der Waals surface area (Å²) in [6.07, 6.45) is 1.63. The predicted molar refractivity (Wildman–Crippen MR) is 104 cm³/mol. The highest BCUT2D eigenvalue weighted by atomic mass is 35.5. The summed E-state index contributed by atoms with van der Waals surface area (Å²) >= 11 is 0. The Morgan fingerprint density at radius 3 is 2.16 bits per heavy atom. The first-order valence-electron chi connectivity index (χ1n) is 8.42. The molecule has 0 saturated carbocycles. The highest BCUT2D eigenvalue weighted by Gasteiger charge is 2.26. The lowest BCUT2D eigenvalue weighted by molar-refractivity contribution is 0.0895. The quantitative estimate of drug-likeness (QED) is 0.747. The molecule has 0 aliphatic carbocycles. The van der Waals surface area contributed by atoms with E-state index in [9.17, 15) is 4.79 Å². The fourth-order valence-electron chi connectivity index (χ4n) is 2.52. The van der Waals surface area contributed by atoms with Crippen LogP contribution in [-0.4, -0.2) is 18.0 Å². The Kier molecular flexibility index (Phi) is 8.46. The number of rotatable bonds is 8. The van der Waals surface area contributed by atoms with E-state index in [0.29, 0.717) is 18.7 Å². The number of para-hydroxylation sites is 1. The topological polar surface area (TPSA) is 64.3 Å². The number of hydrogen-bond donors (Lipinski definition) is 2. The van der Waals surface area contributed by atoms with Gasteiger partial charge in [0.25, 0.3) is 5.91 Å². The summed E-state index contributed by atoms with van der Waals surface area (Å²) in [4.78, 5) is 12.4. The molecule has 0 bridgehead atoms. The van der Waals surface area contributed by atoms with Gasteiger partial charge < -0.3 is 15.8 Å². The van der Waals surface area contributed by atoms with Gasteiger partial charge in [-0.1, -0.05) is 44.2 Å². The number of nitrogens with one attached hydrogen (secondary N) is 1. The molecule has 0 saturated heterocycles.